The van der Waals surface area contributed by atoms with Crippen molar-refractivity contribution in [1.29, 1.82) is 0 Å². The van der Waals surface area contributed by atoms with E-state index in [4.69, 9.17) is 9.47 Å². The molecule has 110 valence electrons. The highest BCUT2D eigenvalue weighted by molar-refractivity contribution is 9.10. The molecule has 2 aromatic carbocycles. The summed E-state index contributed by atoms with van der Waals surface area (Å²) in [5.74, 6) is 1.71. The van der Waals surface area contributed by atoms with Crippen molar-refractivity contribution in [3.8, 4) is 11.5 Å². The molecule has 1 aliphatic rings. The first-order valence-electron chi connectivity index (χ1n) is 7.15. The first kappa shape index (κ1) is 14.4. The number of ether oxygens (including phenoxy) is 2. The Hall–Kier alpha value is -1.52. The van der Waals surface area contributed by atoms with Crippen LogP contribution >= 0.6 is 15.9 Å². The molecule has 0 atom stereocenters. The summed E-state index contributed by atoms with van der Waals surface area (Å²) in [6, 6.07) is 14.5. The number of fused-ring (bicyclic) bond motifs is 1. The second-order valence-electron chi connectivity index (χ2n) is 5.06. The fraction of sp³-hybridized carbons (Fsp3) is 0.294. The van der Waals surface area contributed by atoms with Crippen LogP contribution in [0.1, 0.15) is 17.5 Å². The lowest BCUT2D eigenvalue weighted by atomic mass is 10.2. The maximum Gasteiger partial charge on any atom is 0.161 e. The highest BCUT2D eigenvalue weighted by atomic mass is 79.9. The van der Waals surface area contributed by atoms with Gasteiger partial charge in [0.05, 0.1) is 13.2 Å². The van der Waals surface area contributed by atoms with Gasteiger partial charge in [-0.3, -0.25) is 0 Å². The molecule has 0 saturated carbocycles. The molecule has 0 spiro atoms. The fourth-order valence-corrected chi connectivity index (χ4v) is 2.54. The molecule has 0 unspecified atom stereocenters. The molecule has 0 radical (unpaired) electrons. The summed E-state index contributed by atoms with van der Waals surface area (Å²) in [6.45, 7) is 3.12. The van der Waals surface area contributed by atoms with E-state index in [2.05, 4.69) is 57.6 Å². The Kier molecular flexibility index (Phi) is 4.78. The van der Waals surface area contributed by atoms with Crippen molar-refractivity contribution in [2.75, 3.05) is 13.2 Å². The molecule has 0 bridgehead atoms. The molecule has 2 aromatic rings. The number of rotatable bonds is 4. The summed E-state index contributed by atoms with van der Waals surface area (Å²) in [5, 5.41) is 3.45. The maximum atomic E-state index is 5.71. The average molecular weight is 348 g/mol. The van der Waals surface area contributed by atoms with Crippen molar-refractivity contribution < 1.29 is 9.47 Å². The van der Waals surface area contributed by atoms with E-state index in [1.54, 1.807) is 0 Å². The summed E-state index contributed by atoms with van der Waals surface area (Å²) >= 11 is 3.45. The summed E-state index contributed by atoms with van der Waals surface area (Å²) in [7, 11) is 0. The molecule has 1 aliphatic heterocycles. The topological polar surface area (TPSA) is 30.5 Å². The number of nitrogens with one attached hydrogen (secondary N) is 1. The van der Waals surface area contributed by atoms with Crippen LogP contribution in [0.3, 0.4) is 0 Å². The molecule has 0 fully saturated rings. The summed E-state index contributed by atoms with van der Waals surface area (Å²) in [4.78, 5) is 0. The highest BCUT2D eigenvalue weighted by Crippen LogP contribution is 2.30. The molecule has 1 N–H and O–H groups in total. The van der Waals surface area contributed by atoms with Gasteiger partial charge in [-0.2, -0.15) is 0 Å². The predicted octanol–water partition coefficient (Wildman–Crippen LogP) is 3.90. The van der Waals surface area contributed by atoms with E-state index in [1.165, 1.54) is 11.1 Å². The van der Waals surface area contributed by atoms with Gasteiger partial charge in [0.25, 0.3) is 0 Å². The smallest absolute Gasteiger partial charge is 0.161 e. The normalized spacial score (nSPS) is 13.8. The SMILES string of the molecule is Brc1ccc(CNCc2ccc3c(c2)OCCCO3)cc1. The second-order valence-corrected chi connectivity index (χ2v) is 5.98. The number of halogens is 1. The van der Waals surface area contributed by atoms with E-state index in [1.807, 2.05) is 6.07 Å². The van der Waals surface area contributed by atoms with Crippen molar-refractivity contribution in [1.82, 2.24) is 5.32 Å². The van der Waals surface area contributed by atoms with E-state index < -0.39 is 0 Å². The minimum atomic E-state index is 0.725. The van der Waals surface area contributed by atoms with Crippen LogP contribution in [0.4, 0.5) is 0 Å². The zero-order chi connectivity index (χ0) is 14.5. The lowest BCUT2D eigenvalue weighted by molar-refractivity contribution is 0.297. The van der Waals surface area contributed by atoms with E-state index in [0.29, 0.717) is 0 Å². The molecule has 4 heteroatoms. The molecule has 21 heavy (non-hydrogen) atoms. The second kappa shape index (κ2) is 6.96. The summed E-state index contributed by atoms with van der Waals surface area (Å²) in [6.07, 6.45) is 0.936. The van der Waals surface area contributed by atoms with Gasteiger partial charge in [-0.15, -0.1) is 0 Å². The van der Waals surface area contributed by atoms with Gasteiger partial charge in [0.15, 0.2) is 11.5 Å². The third kappa shape index (κ3) is 3.99. The average Bonchev–Trinajstić information content (AvgIpc) is 2.74. The lowest BCUT2D eigenvalue weighted by Crippen LogP contribution is -2.12. The molecule has 3 rings (SSSR count). The molecule has 0 amide bonds. The largest absolute Gasteiger partial charge is 0.490 e. The Morgan fingerprint density at radius 1 is 0.857 bits per heavy atom. The van der Waals surface area contributed by atoms with Crippen LogP contribution in [-0.2, 0) is 13.1 Å². The van der Waals surface area contributed by atoms with Crippen molar-refractivity contribution in [2.45, 2.75) is 19.5 Å². The maximum absolute atomic E-state index is 5.71. The zero-order valence-electron chi connectivity index (χ0n) is 11.8. The number of benzene rings is 2. The number of hydrogen-bond donors (Lipinski definition) is 1. The molecule has 0 aromatic heterocycles. The third-order valence-corrected chi connectivity index (χ3v) is 3.91. The highest BCUT2D eigenvalue weighted by Gasteiger charge is 2.10. The molecule has 0 aliphatic carbocycles. The van der Waals surface area contributed by atoms with Gasteiger partial charge in [-0.1, -0.05) is 34.1 Å². The van der Waals surface area contributed by atoms with Gasteiger partial charge >= 0.3 is 0 Å². The molecule has 3 nitrogen and oxygen atoms in total. The predicted molar refractivity (Wildman–Crippen MR) is 86.7 cm³/mol. The molecule has 1 heterocycles. The van der Waals surface area contributed by atoms with Crippen LogP contribution in [0.5, 0.6) is 11.5 Å². The van der Waals surface area contributed by atoms with Crippen molar-refractivity contribution in [2.24, 2.45) is 0 Å². The monoisotopic (exact) mass is 347 g/mol. The van der Waals surface area contributed by atoms with Gasteiger partial charge in [-0.05, 0) is 35.4 Å². The minimum absolute atomic E-state index is 0.725. The van der Waals surface area contributed by atoms with Crippen LogP contribution in [0.2, 0.25) is 0 Å². The van der Waals surface area contributed by atoms with Gasteiger partial charge in [-0.25, -0.2) is 0 Å². The van der Waals surface area contributed by atoms with Crippen molar-refractivity contribution in [3.63, 3.8) is 0 Å². The van der Waals surface area contributed by atoms with Crippen molar-refractivity contribution >= 4 is 15.9 Å². The zero-order valence-corrected chi connectivity index (χ0v) is 13.4. The van der Waals surface area contributed by atoms with E-state index in [0.717, 1.165) is 48.7 Å². The van der Waals surface area contributed by atoms with Gasteiger partial charge in [0, 0.05) is 24.0 Å². The first-order valence-corrected chi connectivity index (χ1v) is 7.94. The Balaban J connectivity index is 1.58. The Labute approximate surface area is 133 Å². The summed E-state index contributed by atoms with van der Waals surface area (Å²) in [5.41, 5.74) is 2.48. The van der Waals surface area contributed by atoms with Gasteiger partial charge < -0.3 is 14.8 Å². The Bertz CT molecular complexity index is 598. The van der Waals surface area contributed by atoms with Gasteiger partial charge in [0.2, 0.25) is 0 Å². The standard InChI is InChI=1S/C17H18BrNO2/c18-15-5-2-13(3-6-15)11-19-12-14-4-7-16-17(10-14)21-9-1-8-20-16/h2-7,10,19H,1,8-9,11-12H2. The quantitative estimate of drug-likeness (QED) is 0.909. The van der Waals surface area contributed by atoms with E-state index >= 15 is 0 Å². The van der Waals surface area contributed by atoms with Crippen molar-refractivity contribution in [3.05, 3.63) is 58.1 Å². The van der Waals surface area contributed by atoms with Crippen LogP contribution in [0, 0.1) is 0 Å². The third-order valence-electron chi connectivity index (χ3n) is 3.38. The Morgan fingerprint density at radius 2 is 1.52 bits per heavy atom. The molecular formula is C17H18BrNO2. The molecular weight excluding hydrogens is 330 g/mol. The summed E-state index contributed by atoms with van der Waals surface area (Å²) < 4.78 is 12.5. The van der Waals surface area contributed by atoms with Gasteiger partial charge in [0.1, 0.15) is 0 Å². The minimum Gasteiger partial charge on any atom is -0.490 e. The van der Waals surface area contributed by atoms with Crippen LogP contribution < -0.4 is 14.8 Å². The lowest BCUT2D eigenvalue weighted by Gasteiger charge is -2.10. The Morgan fingerprint density at radius 3 is 2.33 bits per heavy atom. The van der Waals surface area contributed by atoms with Crippen LogP contribution in [0.15, 0.2) is 46.9 Å². The first-order chi connectivity index (χ1) is 10.3. The van der Waals surface area contributed by atoms with E-state index in [9.17, 15) is 0 Å². The fourth-order valence-electron chi connectivity index (χ4n) is 2.27. The number of hydrogen-bond acceptors (Lipinski definition) is 3. The van der Waals surface area contributed by atoms with Crippen LogP contribution in [0.25, 0.3) is 0 Å². The van der Waals surface area contributed by atoms with Crippen LogP contribution in [-0.4, -0.2) is 13.2 Å². The molecule has 0 saturated heterocycles. The van der Waals surface area contributed by atoms with E-state index in [-0.39, 0.29) is 0 Å².